The van der Waals surface area contributed by atoms with Crippen LogP contribution in [-0.2, 0) is 0 Å². The van der Waals surface area contributed by atoms with Crippen LogP contribution in [0.5, 0.6) is 5.75 Å². The zero-order chi connectivity index (χ0) is 11.7. The number of carbonyl (C=O) groups is 1. The molecule has 2 aromatic rings. The Hall–Kier alpha value is -2.11. The Balaban J connectivity index is 2.79. The van der Waals surface area contributed by atoms with Gasteiger partial charge >= 0.3 is 5.97 Å². The molecule has 0 aromatic carbocycles. The van der Waals surface area contributed by atoms with Crippen LogP contribution < -0.4 is 4.74 Å². The fourth-order valence-electron chi connectivity index (χ4n) is 1.58. The molecule has 0 spiro atoms. The summed E-state index contributed by atoms with van der Waals surface area (Å²) in [4.78, 5) is 22.1. The molecule has 2 heterocycles. The third kappa shape index (κ3) is 1.48. The highest BCUT2D eigenvalue weighted by atomic mass is 16.5. The molecule has 0 bridgehead atoms. The van der Waals surface area contributed by atoms with E-state index in [0.29, 0.717) is 23.5 Å². The topological polar surface area (TPSA) is 88.1 Å². The second-order valence-corrected chi connectivity index (χ2v) is 3.24. The summed E-state index contributed by atoms with van der Waals surface area (Å²) in [5.74, 6) is -0.780. The molecule has 0 aliphatic rings. The molecule has 2 rings (SSSR count). The van der Waals surface area contributed by atoms with Gasteiger partial charge in [-0.1, -0.05) is 0 Å². The number of nitrogens with zero attached hydrogens (tertiary/aromatic N) is 2. The fraction of sp³-hybridized carbons (Fsp3) is 0.300. The number of carboxylic acids is 1. The van der Waals surface area contributed by atoms with E-state index in [4.69, 9.17) is 9.84 Å². The van der Waals surface area contributed by atoms with Crippen LogP contribution in [-0.4, -0.2) is 32.6 Å². The molecule has 0 saturated heterocycles. The number of hydrogen-bond acceptors (Lipinski definition) is 4. The summed E-state index contributed by atoms with van der Waals surface area (Å²) >= 11 is 0. The van der Waals surface area contributed by atoms with E-state index in [1.54, 1.807) is 13.8 Å². The van der Waals surface area contributed by atoms with E-state index in [-0.39, 0.29) is 11.3 Å². The molecule has 0 unspecified atom stereocenters. The van der Waals surface area contributed by atoms with Crippen molar-refractivity contribution in [1.82, 2.24) is 15.0 Å². The van der Waals surface area contributed by atoms with Gasteiger partial charge in [0.05, 0.1) is 18.6 Å². The first-order valence-corrected chi connectivity index (χ1v) is 4.85. The van der Waals surface area contributed by atoms with Gasteiger partial charge in [0.25, 0.3) is 0 Å². The Morgan fingerprint density at radius 3 is 3.00 bits per heavy atom. The molecule has 16 heavy (non-hydrogen) atoms. The lowest BCUT2D eigenvalue weighted by Gasteiger charge is -2.09. The number of fused-ring (bicyclic) bond motifs is 1. The molecule has 0 saturated carbocycles. The Labute approximate surface area is 91.3 Å². The summed E-state index contributed by atoms with van der Waals surface area (Å²) in [6.45, 7) is 3.80. The predicted octanol–water partition coefficient (Wildman–Crippen LogP) is 1.36. The highest BCUT2D eigenvalue weighted by molar-refractivity contribution is 5.98. The van der Waals surface area contributed by atoms with E-state index in [2.05, 4.69) is 15.0 Å². The van der Waals surface area contributed by atoms with Crippen LogP contribution in [0, 0.1) is 6.92 Å². The number of ether oxygens (including phenoxy) is 1. The smallest absolute Gasteiger partial charge is 0.341 e. The SMILES string of the molecule is CCOc1c(C(=O)O)c(C)nc2[nH]cnc12. The molecular formula is C10H11N3O3. The van der Waals surface area contributed by atoms with Gasteiger partial charge in [0.2, 0.25) is 0 Å². The molecule has 2 aromatic heterocycles. The maximum atomic E-state index is 11.1. The van der Waals surface area contributed by atoms with Gasteiger partial charge in [-0.2, -0.15) is 0 Å². The Morgan fingerprint density at radius 2 is 2.38 bits per heavy atom. The van der Waals surface area contributed by atoms with Gasteiger partial charge in [-0.25, -0.2) is 14.8 Å². The molecule has 84 valence electrons. The van der Waals surface area contributed by atoms with Gasteiger partial charge in [0.15, 0.2) is 16.9 Å². The third-order valence-corrected chi connectivity index (χ3v) is 2.21. The molecule has 0 radical (unpaired) electrons. The number of aromatic nitrogens is 3. The maximum Gasteiger partial charge on any atom is 0.341 e. The second-order valence-electron chi connectivity index (χ2n) is 3.24. The van der Waals surface area contributed by atoms with E-state index < -0.39 is 5.97 Å². The molecule has 0 aliphatic carbocycles. The largest absolute Gasteiger partial charge is 0.490 e. The monoisotopic (exact) mass is 221 g/mol. The zero-order valence-electron chi connectivity index (χ0n) is 8.94. The molecule has 0 aliphatic heterocycles. The summed E-state index contributed by atoms with van der Waals surface area (Å²) in [7, 11) is 0. The van der Waals surface area contributed by atoms with Gasteiger partial charge < -0.3 is 14.8 Å². The van der Waals surface area contributed by atoms with Gasteiger partial charge in [0.1, 0.15) is 5.56 Å². The average molecular weight is 221 g/mol. The maximum absolute atomic E-state index is 11.1. The number of H-pyrrole nitrogens is 1. The van der Waals surface area contributed by atoms with Gasteiger partial charge in [-0.15, -0.1) is 0 Å². The second kappa shape index (κ2) is 3.80. The highest BCUT2D eigenvalue weighted by Crippen LogP contribution is 2.28. The van der Waals surface area contributed by atoms with Crippen molar-refractivity contribution in [2.24, 2.45) is 0 Å². The number of pyridine rings is 1. The van der Waals surface area contributed by atoms with Gasteiger partial charge in [-0.05, 0) is 13.8 Å². The highest BCUT2D eigenvalue weighted by Gasteiger charge is 2.20. The quantitative estimate of drug-likeness (QED) is 0.817. The van der Waals surface area contributed by atoms with Crippen molar-refractivity contribution in [3.05, 3.63) is 17.6 Å². The van der Waals surface area contributed by atoms with Crippen molar-refractivity contribution in [2.75, 3.05) is 6.61 Å². The van der Waals surface area contributed by atoms with Crippen LogP contribution in [0.2, 0.25) is 0 Å². The van der Waals surface area contributed by atoms with Crippen molar-refractivity contribution < 1.29 is 14.6 Å². The minimum absolute atomic E-state index is 0.0708. The number of aromatic amines is 1. The Morgan fingerprint density at radius 1 is 1.62 bits per heavy atom. The molecule has 0 atom stereocenters. The molecular weight excluding hydrogens is 210 g/mol. The Bertz CT molecular complexity index is 547. The summed E-state index contributed by atoms with van der Waals surface area (Å²) in [5.41, 5.74) is 1.46. The van der Waals surface area contributed by atoms with E-state index in [1.165, 1.54) is 6.33 Å². The van der Waals surface area contributed by atoms with Crippen LogP contribution in [0.15, 0.2) is 6.33 Å². The predicted molar refractivity (Wildman–Crippen MR) is 56.8 cm³/mol. The number of aryl methyl sites for hydroxylation is 1. The summed E-state index contributed by atoms with van der Waals surface area (Å²) in [6.07, 6.45) is 1.46. The molecule has 6 heteroatoms. The number of nitrogens with one attached hydrogen (secondary N) is 1. The number of rotatable bonds is 3. The van der Waals surface area contributed by atoms with Crippen LogP contribution in [0.25, 0.3) is 11.2 Å². The molecule has 6 nitrogen and oxygen atoms in total. The lowest BCUT2D eigenvalue weighted by atomic mass is 10.1. The van der Waals surface area contributed by atoms with Crippen LogP contribution in [0.3, 0.4) is 0 Å². The summed E-state index contributed by atoms with van der Waals surface area (Å²) < 4.78 is 5.35. The zero-order valence-corrected chi connectivity index (χ0v) is 8.94. The van der Waals surface area contributed by atoms with Crippen molar-refractivity contribution >= 4 is 17.1 Å². The van der Waals surface area contributed by atoms with E-state index in [0.717, 1.165) is 0 Å². The van der Waals surface area contributed by atoms with E-state index in [1.807, 2.05) is 0 Å². The Kier molecular flexibility index (Phi) is 2.47. The summed E-state index contributed by atoms with van der Waals surface area (Å²) in [6, 6.07) is 0. The van der Waals surface area contributed by atoms with Gasteiger partial charge in [0, 0.05) is 0 Å². The molecule has 0 fully saturated rings. The summed E-state index contributed by atoms with van der Waals surface area (Å²) in [5, 5.41) is 9.11. The molecule has 2 N–H and O–H groups in total. The number of hydrogen-bond donors (Lipinski definition) is 2. The van der Waals surface area contributed by atoms with Gasteiger partial charge in [-0.3, -0.25) is 0 Å². The number of imidazole rings is 1. The van der Waals surface area contributed by atoms with Crippen molar-refractivity contribution in [3.63, 3.8) is 0 Å². The lowest BCUT2D eigenvalue weighted by Crippen LogP contribution is -2.07. The van der Waals surface area contributed by atoms with Crippen molar-refractivity contribution in [2.45, 2.75) is 13.8 Å². The fourth-order valence-corrected chi connectivity index (χ4v) is 1.58. The minimum atomic E-state index is -1.06. The minimum Gasteiger partial charge on any atom is -0.490 e. The lowest BCUT2D eigenvalue weighted by molar-refractivity contribution is 0.0691. The molecule has 0 amide bonds. The van der Waals surface area contributed by atoms with Crippen molar-refractivity contribution in [3.8, 4) is 5.75 Å². The van der Waals surface area contributed by atoms with Crippen LogP contribution >= 0.6 is 0 Å². The standard InChI is InChI=1S/C10H11N3O3/c1-3-16-8-6(10(14)15)5(2)13-9-7(8)11-4-12-9/h4H,3H2,1-2H3,(H,14,15)(H,11,12,13). The number of carboxylic acid groups (broad SMARTS) is 1. The normalized spacial score (nSPS) is 10.6. The first-order chi connectivity index (χ1) is 7.65. The first kappa shape index (κ1) is 10.4. The number of aromatic carboxylic acids is 1. The van der Waals surface area contributed by atoms with Crippen molar-refractivity contribution in [1.29, 1.82) is 0 Å². The van der Waals surface area contributed by atoms with Crippen LogP contribution in [0.1, 0.15) is 23.0 Å². The third-order valence-electron chi connectivity index (χ3n) is 2.21. The average Bonchev–Trinajstić information content (AvgIpc) is 2.64. The van der Waals surface area contributed by atoms with E-state index >= 15 is 0 Å². The van der Waals surface area contributed by atoms with E-state index in [9.17, 15) is 4.79 Å². The first-order valence-electron chi connectivity index (χ1n) is 4.85. The van der Waals surface area contributed by atoms with Crippen LogP contribution in [0.4, 0.5) is 0 Å².